The number of Topliss-reactive ketones (excluding diaryl/α,β-unsaturated/α-hetero) is 1. The third-order valence-corrected chi connectivity index (χ3v) is 5.54. The lowest BCUT2D eigenvalue weighted by Gasteiger charge is -2.20. The number of carbonyl (C=O) groups is 1. The number of phenolic OH excluding ortho intramolecular Hbond substituents is 2. The van der Waals surface area contributed by atoms with Gasteiger partial charge in [0, 0.05) is 28.2 Å². The lowest BCUT2D eigenvalue weighted by atomic mass is 9.82. The fourth-order valence-corrected chi connectivity index (χ4v) is 4.74. The Kier molecular flexibility index (Phi) is 1.88. The van der Waals surface area contributed by atoms with Gasteiger partial charge in [0.1, 0.15) is 11.5 Å². The molecule has 0 amide bonds. The molecule has 3 heteroatoms. The molecule has 4 unspecified atom stereocenters. The first kappa shape index (κ1) is 11.4. The fourth-order valence-electron chi connectivity index (χ4n) is 4.74. The summed E-state index contributed by atoms with van der Waals surface area (Å²) < 4.78 is 0. The van der Waals surface area contributed by atoms with Crippen LogP contribution in [0.1, 0.15) is 28.3 Å². The van der Waals surface area contributed by atoms with E-state index in [1.165, 1.54) is 0 Å². The van der Waals surface area contributed by atoms with Crippen molar-refractivity contribution in [1.29, 1.82) is 0 Å². The first-order valence-corrected chi connectivity index (χ1v) is 7.37. The van der Waals surface area contributed by atoms with Crippen molar-refractivity contribution in [2.24, 2.45) is 17.8 Å². The zero-order valence-electron chi connectivity index (χ0n) is 11.3. The Bertz CT molecular complexity index is 849. The number of allylic oxidation sites excluding steroid dienone is 2. The smallest absolute Gasteiger partial charge is 0.171 e. The van der Waals surface area contributed by atoms with E-state index in [1.54, 1.807) is 18.2 Å². The summed E-state index contributed by atoms with van der Waals surface area (Å²) >= 11 is 0. The Morgan fingerprint density at radius 2 is 1.52 bits per heavy atom. The number of ketones is 1. The highest BCUT2D eigenvalue weighted by atomic mass is 16.3. The predicted molar refractivity (Wildman–Crippen MR) is 78.6 cm³/mol. The van der Waals surface area contributed by atoms with E-state index in [0.29, 0.717) is 27.8 Å². The van der Waals surface area contributed by atoms with E-state index in [9.17, 15) is 15.0 Å². The van der Waals surface area contributed by atoms with E-state index in [2.05, 4.69) is 12.2 Å². The minimum Gasteiger partial charge on any atom is -0.507 e. The van der Waals surface area contributed by atoms with Gasteiger partial charge in [-0.05, 0) is 18.3 Å². The van der Waals surface area contributed by atoms with E-state index >= 15 is 0 Å². The molecule has 2 aromatic carbocycles. The number of aromatic hydroxyl groups is 2. The van der Waals surface area contributed by atoms with Gasteiger partial charge in [0.15, 0.2) is 5.78 Å². The van der Waals surface area contributed by atoms with Crippen LogP contribution in [0, 0.1) is 17.8 Å². The summed E-state index contributed by atoms with van der Waals surface area (Å²) in [5, 5.41) is 22.5. The van der Waals surface area contributed by atoms with Crippen molar-refractivity contribution in [3.05, 3.63) is 47.5 Å². The van der Waals surface area contributed by atoms with E-state index in [0.717, 1.165) is 6.42 Å². The van der Waals surface area contributed by atoms with Crippen LogP contribution in [0.15, 0.2) is 36.4 Å². The third kappa shape index (κ3) is 1.15. The Balaban J connectivity index is 1.90. The highest BCUT2D eigenvalue weighted by molar-refractivity contribution is 6.13. The lowest BCUT2D eigenvalue weighted by molar-refractivity contribution is 0.0909. The molecule has 4 atom stereocenters. The van der Waals surface area contributed by atoms with Crippen molar-refractivity contribution >= 4 is 16.6 Å². The van der Waals surface area contributed by atoms with E-state index in [1.807, 2.05) is 6.07 Å². The molecule has 0 aliphatic heterocycles. The number of hydrogen-bond donors (Lipinski definition) is 2. The SMILES string of the molecule is O=C1c2c(c(O)c3ccccc3c2O)C2C3C=CC(C3)C12. The zero-order chi connectivity index (χ0) is 14.3. The Morgan fingerprint density at radius 1 is 0.905 bits per heavy atom. The van der Waals surface area contributed by atoms with Gasteiger partial charge in [0.25, 0.3) is 0 Å². The summed E-state index contributed by atoms with van der Waals surface area (Å²) in [7, 11) is 0. The third-order valence-electron chi connectivity index (χ3n) is 5.54. The van der Waals surface area contributed by atoms with Crippen LogP contribution in [-0.4, -0.2) is 16.0 Å². The van der Waals surface area contributed by atoms with Gasteiger partial charge in [-0.3, -0.25) is 4.79 Å². The average Bonchev–Trinajstić information content (AvgIpc) is 3.17. The molecule has 1 fully saturated rings. The maximum Gasteiger partial charge on any atom is 0.171 e. The Morgan fingerprint density at radius 3 is 2.24 bits per heavy atom. The molecule has 1 saturated carbocycles. The first-order valence-electron chi connectivity index (χ1n) is 7.37. The molecule has 21 heavy (non-hydrogen) atoms. The van der Waals surface area contributed by atoms with Crippen LogP contribution < -0.4 is 0 Å². The first-order chi connectivity index (χ1) is 10.2. The van der Waals surface area contributed by atoms with Gasteiger partial charge in [-0.25, -0.2) is 0 Å². The van der Waals surface area contributed by atoms with Gasteiger partial charge >= 0.3 is 0 Å². The van der Waals surface area contributed by atoms with E-state index < -0.39 is 0 Å². The van der Waals surface area contributed by atoms with Crippen LogP contribution in [0.4, 0.5) is 0 Å². The van der Waals surface area contributed by atoms with Crippen molar-refractivity contribution in [2.45, 2.75) is 12.3 Å². The van der Waals surface area contributed by atoms with Crippen LogP contribution >= 0.6 is 0 Å². The number of benzene rings is 2. The second-order valence-corrected chi connectivity index (χ2v) is 6.40. The molecule has 0 heterocycles. The van der Waals surface area contributed by atoms with Gasteiger partial charge in [-0.2, -0.15) is 0 Å². The molecule has 3 aliphatic rings. The minimum absolute atomic E-state index is 0.00500. The molecule has 0 radical (unpaired) electrons. The van der Waals surface area contributed by atoms with Crippen LogP contribution in [0.25, 0.3) is 10.8 Å². The highest BCUT2D eigenvalue weighted by Gasteiger charge is 2.56. The number of carbonyl (C=O) groups excluding carboxylic acids is 1. The molecular formula is C18H14O3. The zero-order valence-corrected chi connectivity index (χ0v) is 11.3. The van der Waals surface area contributed by atoms with Gasteiger partial charge < -0.3 is 10.2 Å². The van der Waals surface area contributed by atoms with Crippen molar-refractivity contribution in [3.8, 4) is 11.5 Å². The van der Waals surface area contributed by atoms with Crippen LogP contribution in [0.3, 0.4) is 0 Å². The summed E-state index contributed by atoms with van der Waals surface area (Å²) in [4.78, 5) is 12.8. The minimum atomic E-state index is -0.0939. The van der Waals surface area contributed by atoms with Gasteiger partial charge in [-0.15, -0.1) is 0 Å². The van der Waals surface area contributed by atoms with Crippen molar-refractivity contribution in [3.63, 3.8) is 0 Å². The van der Waals surface area contributed by atoms with Crippen LogP contribution in [0.2, 0.25) is 0 Å². The fraction of sp³-hybridized carbons (Fsp3) is 0.278. The van der Waals surface area contributed by atoms with Crippen molar-refractivity contribution < 1.29 is 15.0 Å². The second-order valence-electron chi connectivity index (χ2n) is 6.40. The molecule has 2 bridgehead atoms. The van der Waals surface area contributed by atoms with E-state index in [-0.39, 0.29) is 35.0 Å². The molecule has 5 rings (SSSR count). The highest BCUT2D eigenvalue weighted by Crippen LogP contribution is 2.62. The average molecular weight is 278 g/mol. The maximum absolute atomic E-state index is 12.8. The summed E-state index contributed by atoms with van der Waals surface area (Å²) in [6, 6.07) is 7.19. The molecule has 2 N–H and O–H groups in total. The summed E-state index contributed by atoms with van der Waals surface area (Å²) in [6.45, 7) is 0. The second kappa shape index (κ2) is 3.48. The molecule has 2 aromatic rings. The summed E-state index contributed by atoms with van der Waals surface area (Å²) in [5.74, 6) is 0.753. The van der Waals surface area contributed by atoms with Crippen LogP contribution in [0.5, 0.6) is 11.5 Å². The van der Waals surface area contributed by atoms with Gasteiger partial charge in [-0.1, -0.05) is 36.4 Å². The molecular weight excluding hydrogens is 264 g/mol. The molecule has 0 saturated heterocycles. The number of fused-ring (bicyclic) bond motifs is 8. The summed E-state index contributed by atoms with van der Waals surface area (Å²) in [5.41, 5.74) is 1.04. The Hall–Kier alpha value is -2.29. The maximum atomic E-state index is 12.8. The molecule has 3 nitrogen and oxygen atoms in total. The molecule has 0 spiro atoms. The standard InChI is InChI=1S/C18H14O3/c19-16-10-3-1-2-4-11(10)17(20)15-14(16)12-8-5-6-9(7-8)13(12)18(15)21/h1-6,8-9,12-13,19-20H,7H2. The lowest BCUT2D eigenvalue weighted by Crippen LogP contribution is -2.18. The van der Waals surface area contributed by atoms with Crippen molar-refractivity contribution in [1.82, 2.24) is 0 Å². The number of hydrogen-bond acceptors (Lipinski definition) is 3. The van der Waals surface area contributed by atoms with E-state index in [4.69, 9.17) is 0 Å². The monoisotopic (exact) mass is 278 g/mol. The normalized spacial score (nSPS) is 31.9. The summed E-state index contributed by atoms with van der Waals surface area (Å²) in [6.07, 6.45) is 5.29. The largest absolute Gasteiger partial charge is 0.507 e. The molecule has 104 valence electrons. The van der Waals surface area contributed by atoms with Gasteiger partial charge in [0.05, 0.1) is 5.56 Å². The topological polar surface area (TPSA) is 57.5 Å². The van der Waals surface area contributed by atoms with Crippen molar-refractivity contribution in [2.75, 3.05) is 0 Å². The van der Waals surface area contributed by atoms with Gasteiger partial charge in [0.2, 0.25) is 0 Å². The molecule has 0 aromatic heterocycles. The Labute approximate surface area is 121 Å². The quantitative estimate of drug-likeness (QED) is 0.574. The van der Waals surface area contributed by atoms with Crippen LogP contribution in [-0.2, 0) is 0 Å². The number of phenols is 2. The predicted octanol–water partition coefficient (Wildman–Crippen LogP) is 3.35. The number of rotatable bonds is 0. The molecule has 3 aliphatic carbocycles.